The van der Waals surface area contributed by atoms with Crippen molar-refractivity contribution < 1.29 is 0 Å². The third-order valence-electron chi connectivity index (χ3n) is 11.4. The van der Waals surface area contributed by atoms with Crippen LogP contribution in [0.3, 0.4) is 0 Å². The molecule has 0 amide bonds. The number of unbranched alkanes of at least 4 members (excludes halogenated alkanes) is 5. The van der Waals surface area contributed by atoms with E-state index in [1.165, 1.54) is 103 Å². The lowest BCUT2D eigenvalue weighted by Crippen LogP contribution is -2.35. The van der Waals surface area contributed by atoms with Crippen molar-refractivity contribution in [1.29, 1.82) is 0 Å². The van der Waals surface area contributed by atoms with Gasteiger partial charge in [-0.05, 0) is 260 Å². The molecule has 0 fully saturated rings. The van der Waals surface area contributed by atoms with Crippen LogP contribution in [0.15, 0.2) is 0 Å². The van der Waals surface area contributed by atoms with E-state index in [4.69, 9.17) is 45.9 Å². The molecular weight excluding hydrogens is 725 g/mol. The number of hydrogen-bond donors (Lipinski definition) is 8. The van der Waals surface area contributed by atoms with Gasteiger partial charge in [0.2, 0.25) is 0 Å². The van der Waals surface area contributed by atoms with Gasteiger partial charge in [-0.2, -0.15) is 0 Å². The molecule has 0 bridgehead atoms. The zero-order valence-corrected chi connectivity index (χ0v) is 38.4. The number of hydrogen-bond acceptors (Lipinski definition) is 14. The second kappa shape index (κ2) is 46.0. The molecule has 350 valence electrons. The van der Waals surface area contributed by atoms with Gasteiger partial charge < -0.3 is 75.3 Å². The van der Waals surface area contributed by atoms with Gasteiger partial charge in [0, 0.05) is 0 Å². The summed E-state index contributed by atoms with van der Waals surface area (Å²) in [5.74, 6) is 0. The van der Waals surface area contributed by atoms with Crippen molar-refractivity contribution in [2.24, 2.45) is 45.9 Å². The summed E-state index contributed by atoms with van der Waals surface area (Å²) in [7, 11) is 0. The second-order valence-electron chi connectivity index (χ2n) is 16.7. The molecule has 0 atom stereocenters. The Bertz CT molecular complexity index is 639. The molecule has 0 saturated heterocycles. The van der Waals surface area contributed by atoms with E-state index in [1.54, 1.807) is 0 Å². The van der Waals surface area contributed by atoms with Crippen LogP contribution in [0, 0.1) is 0 Å². The Morgan fingerprint density at radius 3 is 0.414 bits per heavy atom. The van der Waals surface area contributed by atoms with Gasteiger partial charge >= 0.3 is 0 Å². The van der Waals surface area contributed by atoms with Crippen molar-refractivity contribution in [3.8, 4) is 0 Å². The Labute approximate surface area is 360 Å². The average Bonchev–Trinajstić information content (AvgIpc) is 3.24. The largest absolute Gasteiger partial charge is 0.330 e. The number of nitrogens with zero attached hydrogens (tertiary/aromatic N) is 6. The summed E-state index contributed by atoms with van der Waals surface area (Å²) in [5, 5.41) is 0. The molecule has 0 aliphatic rings. The zero-order chi connectivity index (χ0) is 42.6. The Kier molecular flexibility index (Phi) is 45.5. The minimum Gasteiger partial charge on any atom is -0.330 e. The highest BCUT2D eigenvalue weighted by atomic mass is 15.2. The van der Waals surface area contributed by atoms with Crippen molar-refractivity contribution >= 4 is 0 Å². The van der Waals surface area contributed by atoms with Gasteiger partial charge in [-0.3, -0.25) is 0 Å². The van der Waals surface area contributed by atoms with Crippen molar-refractivity contribution in [1.82, 2.24) is 29.4 Å². The van der Waals surface area contributed by atoms with E-state index < -0.39 is 0 Å². The van der Waals surface area contributed by atoms with Crippen LogP contribution in [0.5, 0.6) is 0 Å². The van der Waals surface area contributed by atoms with Crippen LogP contribution in [0.4, 0.5) is 0 Å². The Morgan fingerprint density at radius 1 is 0.138 bits per heavy atom. The lowest BCUT2D eigenvalue weighted by molar-refractivity contribution is 0.202. The van der Waals surface area contributed by atoms with Crippen LogP contribution >= 0.6 is 0 Å². The first-order valence-electron chi connectivity index (χ1n) is 24.5. The average molecular weight is 829 g/mol. The molecule has 0 aliphatic heterocycles. The van der Waals surface area contributed by atoms with Crippen LogP contribution < -0.4 is 45.9 Å². The van der Waals surface area contributed by atoms with E-state index in [9.17, 15) is 0 Å². The minimum absolute atomic E-state index is 0.754. The third-order valence-corrected chi connectivity index (χ3v) is 11.4. The molecule has 0 radical (unpaired) electrons. The predicted molar refractivity (Wildman–Crippen MR) is 254 cm³/mol. The van der Waals surface area contributed by atoms with Crippen molar-refractivity contribution in [2.45, 2.75) is 116 Å². The molecule has 0 heterocycles. The molecule has 14 heteroatoms. The Balaban J connectivity index is 5.03. The van der Waals surface area contributed by atoms with Gasteiger partial charge in [-0.25, -0.2) is 0 Å². The molecule has 0 spiro atoms. The highest BCUT2D eigenvalue weighted by Crippen LogP contribution is 2.11. The predicted octanol–water partition coefficient (Wildman–Crippen LogP) is 1.49. The van der Waals surface area contributed by atoms with Gasteiger partial charge in [-0.15, -0.1) is 0 Å². The van der Waals surface area contributed by atoms with Crippen molar-refractivity contribution in [3.63, 3.8) is 0 Å². The first kappa shape index (κ1) is 57.4. The lowest BCUT2D eigenvalue weighted by Gasteiger charge is -2.28. The maximum absolute atomic E-state index is 5.85. The molecule has 0 aromatic carbocycles. The third kappa shape index (κ3) is 37.2. The van der Waals surface area contributed by atoms with E-state index >= 15 is 0 Å². The molecule has 0 unspecified atom stereocenters. The van der Waals surface area contributed by atoms with E-state index in [0.717, 1.165) is 182 Å². The molecule has 14 nitrogen and oxygen atoms in total. The zero-order valence-electron chi connectivity index (χ0n) is 38.4. The highest BCUT2D eigenvalue weighted by Gasteiger charge is 2.12. The number of rotatable bonds is 49. The first-order chi connectivity index (χ1) is 28.5. The van der Waals surface area contributed by atoms with Gasteiger partial charge in [0.1, 0.15) is 0 Å². The van der Waals surface area contributed by atoms with Gasteiger partial charge in [-0.1, -0.05) is 25.7 Å². The number of nitrogens with two attached hydrogens (primary N) is 8. The summed E-state index contributed by atoms with van der Waals surface area (Å²) in [6.45, 7) is 26.3. The molecule has 0 saturated carbocycles. The van der Waals surface area contributed by atoms with Crippen LogP contribution in [-0.2, 0) is 0 Å². The molecule has 0 rings (SSSR count). The monoisotopic (exact) mass is 829 g/mol. The SMILES string of the molecule is NCCCN(CCCN)CCCN(CCCCCCCCN(CCCN(CCCN)CCCN)CCCN(CCCN)CCCN)CCCN(CCCN)CCCN. The molecule has 0 aliphatic carbocycles. The quantitative estimate of drug-likeness (QED) is 0.0407. The minimum atomic E-state index is 0.754. The summed E-state index contributed by atoms with van der Waals surface area (Å²) in [6.07, 6.45) is 21.2. The molecule has 0 aromatic heterocycles. The highest BCUT2D eigenvalue weighted by molar-refractivity contribution is 4.69. The van der Waals surface area contributed by atoms with E-state index in [2.05, 4.69) is 29.4 Å². The second-order valence-corrected chi connectivity index (χ2v) is 16.7. The smallest absolute Gasteiger partial charge is 0.000653 e. The summed E-state index contributed by atoms with van der Waals surface area (Å²) in [5.41, 5.74) is 46.8. The van der Waals surface area contributed by atoms with E-state index in [1.807, 2.05) is 0 Å². The summed E-state index contributed by atoms with van der Waals surface area (Å²) < 4.78 is 0. The van der Waals surface area contributed by atoms with Crippen molar-refractivity contribution in [2.75, 3.05) is 170 Å². The van der Waals surface area contributed by atoms with Gasteiger partial charge in [0.05, 0.1) is 0 Å². The molecular formula is C44H104N14. The normalized spacial score (nSPS) is 12.3. The summed E-state index contributed by atoms with van der Waals surface area (Å²) in [4.78, 5) is 15.8. The van der Waals surface area contributed by atoms with E-state index in [-0.39, 0.29) is 0 Å². The van der Waals surface area contributed by atoms with Crippen LogP contribution in [0.2, 0.25) is 0 Å². The Morgan fingerprint density at radius 2 is 0.259 bits per heavy atom. The van der Waals surface area contributed by atoms with E-state index in [0.29, 0.717) is 0 Å². The molecule has 58 heavy (non-hydrogen) atoms. The fraction of sp³-hybridized carbons (Fsp3) is 1.00. The fourth-order valence-corrected chi connectivity index (χ4v) is 7.98. The maximum atomic E-state index is 5.85. The maximum Gasteiger partial charge on any atom is -0.000653 e. The van der Waals surface area contributed by atoms with Gasteiger partial charge in [0.25, 0.3) is 0 Å². The van der Waals surface area contributed by atoms with Crippen LogP contribution in [-0.4, -0.2) is 200 Å². The summed E-state index contributed by atoms with van der Waals surface area (Å²) in [6, 6.07) is 0. The first-order valence-corrected chi connectivity index (χ1v) is 24.5. The van der Waals surface area contributed by atoms with Crippen LogP contribution in [0.25, 0.3) is 0 Å². The van der Waals surface area contributed by atoms with Crippen molar-refractivity contribution in [3.05, 3.63) is 0 Å². The topological polar surface area (TPSA) is 228 Å². The molecule has 16 N–H and O–H groups in total. The standard InChI is InChI=1S/C44H104N14/c45-19-7-29-55(30-8-20-46)41-15-37-53(38-16-42-56(31-9-21-47)32-10-22-48)27-5-3-1-2-4-6-28-54(39-17-43-57(33-11-23-49)34-12-24-50)40-18-44-58(35-13-25-51)36-14-26-52/h1-52H2. The Hall–Kier alpha value is -0.560. The summed E-state index contributed by atoms with van der Waals surface area (Å²) >= 11 is 0. The van der Waals surface area contributed by atoms with Gasteiger partial charge in [0.15, 0.2) is 0 Å². The lowest BCUT2D eigenvalue weighted by atomic mass is 10.1. The fourth-order valence-electron chi connectivity index (χ4n) is 7.98. The molecule has 0 aromatic rings. The van der Waals surface area contributed by atoms with Crippen LogP contribution in [0.1, 0.15) is 116 Å².